The van der Waals surface area contributed by atoms with Crippen LogP contribution in [0.4, 0.5) is 14.9 Å². The van der Waals surface area contributed by atoms with E-state index in [9.17, 15) is 19.1 Å². The lowest BCUT2D eigenvalue weighted by atomic mass is 9.84. The number of halogens is 1. The summed E-state index contributed by atoms with van der Waals surface area (Å²) in [6.07, 6.45) is 4.50. The second-order valence-electron chi connectivity index (χ2n) is 11.4. The zero-order chi connectivity index (χ0) is 28.3. The number of benzene rings is 3. The fourth-order valence-corrected chi connectivity index (χ4v) is 5.29. The lowest BCUT2D eigenvalue weighted by molar-refractivity contribution is -0.109. The summed E-state index contributed by atoms with van der Waals surface area (Å²) in [7, 11) is 0. The Labute approximate surface area is 233 Å². The average molecular weight is 547 g/mol. The molecule has 0 radical (unpaired) electrons. The molecule has 2 fully saturated rings. The summed E-state index contributed by atoms with van der Waals surface area (Å²) in [5, 5.41) is 13.8. The first-order chi connectivity index (χ1) is 19.1. The van der Waals surface area contributed by atoms with Crippen molar-refractivity contribution in [2.75, 3.05) is 18.4 Å². The molecule has 1 saturated heterocycles. The molecular weight excluding hydrogens is 511 g/mol. The first-order valence-electron chi connectivity index (χ1n) is 13.8. The summed E-state index contributed by atoms with van der Waals surface area (Å²) in [5.41, 5.74) is 0.336. The topological polar surface area (TPSA) is 88.1 Å². The third-order valence-electron chi connectivity index (χ3n) is 7.63. The molecule has 1 saturated carbocycles. The van der Waals surface area contributed by atoms with Gasteiger partial charge in [0.05, 0.1) is 11.0 Å². The SMILES string of the molecule is CC(C)CC1(O)CCN(C(=O)Nc2cc(Oc3ccc(F)cc3)cc(Oc3ccc(C4(C=O)CC4)cc3)c2)CC1. The number of carbonyl (C=O) groups is 2. The van der Waals surface area contributed by atoms with E-state index in [0.29, 0.717) is 67.0 Å². The van der Waals surface area contributed by atoms with Gasteiger partial charge in [-0.2, -0.15) is 0 Å². The largest absolute Gasteiger partial charge is 0.457 e. The van der Waals surface area contributed by atoms with Crippen LogP contribution in [0.1, 0.15) is 51.5 Å². The normalized spacial score (nSPS) is 17.3. The monoisotopic (exact) mass is 546 g/mol. The Morgan fingerprint density at radius 1 is 0.925 bits per heavy atom. The summed E-state index contributed by atoms with van der Waals surface area (Å²) >= 11 is 0. The molecule has 3 aromatic carbocycles. The Morgan fingerprint density at radius 3 is 1.98 bits per heavy atom. The van der Waals surface area contributed by atoms with Crippen molar-refractivity contribution in [1.29, 1.82) is 0 Å². The maximum Gasteiger partial charge on any atom is 0.321 e. The number of nitrogens with zero attached hydrogens (tertiary/aromatic N) is 1. The highest BCUT2D eigenvalue weighted by Crippen LogP contribution is 2.46. The molecule has 3 aromatic rings. The molecule has 0 bridgehead atoms. The van der Waals surface area contributed by atoms with E-state index >= 15 is 0 Å². The summed E-state index contributed by atoms with van der Waals surface area (Å²) in [6, 6.07) is 17.9. The molecule has 0 spiro atoms. The van der Waals surface area contributed by atoms with Gasteiger partial charge in [0.15, 0.2) is 0 Å². The van der Waals surface area contributed by atoms with Gasteiger partial charge in [0.2, 0.25) is 0 Å². The van der Waals surface area contributed by atoms with Crippen LogP contribution in [0.3, 0.4) is 0 Å². The Hall–Kier alpha value is -3.91. The quantitative estimate of drug-likeness (QED) is 0.281. The molecule has 0 atom stereocenters. The zero-order valence-electron chi connectivity index (χ0n) is 22.9. The number of aliphatic hydroxyl groups is 1. The van der Waals surface area contributed by atoms with E-state index in [-0.39, 0.29) is 17.3 Å². The van der Waals surface area contributed by atoms with E-state index < -0.39 is 5.60 Å². The fraction of sp³-hybridized carbons (Fsp3) is 0.375. The molecule has 0 aromatic heterocycles. The average Bonchev–Trinajstić information content (AvgIpc) is 3.71. The van der Waals surface area contributed by atoms with Crippen molar-refractivity contribution in [2.24, 2.45) is 5.92 Å². The van der Waals surface area contributed by atoms with Crippen LogP contribution in [0.5, 0.6) is 23.0 Å². The van der Waals surface area contributed by atoms with Crippen molar-refractivity contribution in [1.82, 2.24) is 4.90 Å². The number of nitrogens with one attached hydrogen (secondary N) is 1. The highest BCUT2D eigenvalue weighted by atomic mass is 19.1. The Balaban J connectivity index is 1.32. The lowest BCUT2D eigenvalue weighted by Crippen LogP contribution is -2.48. The zero-order valence-corrected chi connectivity index (χ0v) is 22.9. The first kappa shape index (κ1) is 27.6. The molecule has 8 heteroatoms. The summed E-state index contributed by atoms with van der Waals surface area (Å²) in [6.45, 7) is 5.08. The van der Waals surface area contributed by atoms with Crippen molar-refractivity contribution in [2.45, 2.75) is 57.0 Å². The minimum Gasteiger partial charge on any atom is -0.457 e. The second-order valence-corrected chi connectivity index (χ2v) is 11.4. The predicted molar refractivity (Wildman–Crippen MR) is 151 cm³/mol. The molecule has 210 valence electrons. The number of aldehydes is 1. The molecule has 7 nitrogen and oxygen atoms in total. The molecule has 5 rings (SSSR count). The van der Waals surface area contributed by atoms with E-state index in [1.807, 2.05) is 24.3 Å². The van der Waals surface area contributed by atoms with Crippen LogP contribution < -0.4 is 14.8 Å². The van der Waals surface area contributed by atoms with E-state index in [4.69, 9.17) is 9.47 Å². The van der Waals surface area contributed by atoms with Gasteiger partial charge in [-0.25, -0.2) is 9.18 Å². The van der Waals surface area contributed by atoms with Crippen molar-refractivity contribution < 1.29 is 28.6 Å². The van der Waals surface area contributed by atoms with Crippen molar-refractivity contribution >= 4 is 18.0 Å². The number of amides is 2. The molecular formula is C32H35FN2O5. The minimum atomic E-state index is -0.741. The summed E-state index contributed by atoms with van der Waals surface area (Å²) in [4.78, 5) is 26.3. The lowest BCUT2D eigenvalue weighted by Gasteiger charge is -2.39. The van der Waals surface area contributed by atoms with Crippen LogP contribution in [0.25, 0.3) is 0 Å². The maximum absolute atomic E-state index is 13.4. The molecule has 2 aliphatic rings. The standard InChI is InChI=1S/C32H35FN2O5/c1-22(2)20-32(38)13-15-35(16-14-32)30(37)34-25-17-28(19-29(18-25)40-27-9-5-24(33)6-10-27)39-26-7-3-23(4-8-26)31(21-36)11-12-31/h3-10,17-19,21-22,38H,11-16,20H2,1-2H3,(H,34,37). The fourth-order valence-electron chi connectivity index (χ4n) is 5.29. The molecule has 1 aliphatic carbocycles. The number of hydrogen-bond donors (Lipinski definition) is 2. The van der Waals surface area contributed by atoms with E-state index in [1.54, 1.807) is 23.1 Å². The van der Waals surface area contributed by atoms with E-state index in [2.05, 4.69) is 19.2 Å². The van der Waals surface area contributed by atoms with Gasteiger partial charge in [-0.3, -0.25) is 0 Å². The molecule has 2 amide bonds. The van der Waals surface area contributed by atoms with Gasteiger partial charge < -0.3 is 29.6 Å². The third-order valence-corrected chi connectivity index (χ3v) is 7.63. The van der Waals surface area contributed by atoms with Crippen LogP contribution in [-0.4, -0.2) is 41.0 Å². The first-order valence-corrected chi connectivity index (χ1v) is 13.8. The van der Waals surface area contributed by atoms with Gasteiger partial charge in [-0.1, -0.05) is 26.0 Å². The van der Waals surface area contributed by atoms with Crippen LogP contribution in [0, 0.1) is 11.7 Å². The van der Waals surface area contributed by atoms with Gasteiger partial charge in [-0.15, -0.1) is 0 Å². The Morgan fingerprint density at radius 2 is 1.48 bits per heavy atom. The highest BCUT2D eigenvalue weighted by Gasteiger charge is 2.44. The molecule has 0 unspecified atom stereocenters. The molecule has 40 heavy (non-hydrogen) atoms. The minimum absolute atomic E-state index is 0.274. The van der Waals surface area contributed by atoms with Crippen molar-refractivity contribution in [3.8, 4) is 23.0 Å². The number of anilines is 1. The number of piperidine rings is 1. The van der Waals surface area contributed by atoms with Crippen molar-refractivity contribution in [3.63, 3.8) is 0 Å². The van der Waals surface area contributed by atoms with Gasteiger partial charge in [0.1, 0.15) is 35.1 Å². The van der Waals surface area contributed by atoms with Gasteiger partial charge >= 0.3 is 6.03 Å². The van der Waals surface area contributed by atoms with Crippen LogP contribution >= 0.6 is 0 Å². The van der Waals surface area contributed by atoms with E-state index in [1.165, 1.54) is 24.3 Å². The Kier molecular flexibility index (Phi) is 7.81. The number of likely N-dealkylation sites (tertiary alicyclic amines) is 1. The van der Waals surface area contributed by atoms with Gasteiger partial charge in [-0.05, 0) is 80.0 Å². The molecule has 2 N–H and O–H groups in total. The smallest absolute Gasteiger partial charge is 0.321 e. The summed E-state index contributed by atoms with van der Waals surface area (Å²) < 4.78 is 25.4. The van der Waals surface area contributed by atoms with Crippen LogP contribution in [-0.2, 0) is 10.2 Å². The van der Waals surface area contributed by atoms with Gasteiger partial charge in [0.25, 0.3) is 0 Å². The molecule has 1 heterocycles. The number of urea groups is 1. The highest BCUT2D eigenvalue weighted by molar-refractivity contribution is 5.90. The predicted octanol–water partition coefficient (Wildman–Crippen LogP) is 7.05. The maximum atomic E-state index is 13.4. The second kappa shape index (κ2) is 11.3. The number of carbonyl (C=O) groups excluding carboxylic acids is 2. The van der Waals surface area contributed by atoms with Crippen LogP contribution in [0.2, 0.25) is 0 Å². The van der Waals surface area contributed by atoms with Gasteiger partial charge in [0, 0.05) is 37.0 Å². The third kappa shape index (κ3) is 6.62. The Bertz CT molecular complexity index is 1340. The van der Waals surface area contributed by atoms with Crippen LogP contribution in [0.15, 0.2) is 66.7 Å². The number of ether oxygens (including phenoxy) is 2. The summed E-state index contributed by atoms with van der Waals surface area (Å²) in [5.74, 6) is 1.85. The van der Waals surface area contributed by atoms with E-state index in [0.717, 1.165) is 24.7 Å². The number of rotatable bonds is 9. The molecule has 1 aliphatic heterocycles. The number of hydrogen-bond acceptors (Lipinski definition) is 5. The van der Waals surface area contributed by atoms with Crippen molar-refractivity contribution in [3.05, 3.63) is 78.1 Å².